The first-order valence-corrected chi connectivity index (χ1v) is 14.5. The Morgan fingerprint density at radius 1 is 1.29 bits per heavy atom. The van der Waals surface area contributed by atoms with E-state index in [0.29, 0.717) is 33.7 Å². The van der Waals surface area contributed by atoms with Gasteiger partial charge in [-0.25, -0.2) is 24.9 Å². The highest BCUT2D eigenvalue weighted by Crippen LogP contribution is 2.44. The number of carbonyl (C=O) groups excluding carboxylic acids is 1. The Balaban J connectivity index is 2.06. The van der Waals surface area contributed by atoms with Crippen molar-refractivity contribution < 1.29 is 27.3 Å². The number of aliphatic imine (C=N–C) groups is 2. The summed E-state index contributed by atoms with van der Waals surface area (Å²) in [4.78, 5) is 34.6. The second-order valence-corrected chi connectivity index (χ2v) is 11.2. The lowest BCUT2D eigenvalue weighted by Crippen LogP contribution is -2.45. The van der Waals surface area contributed by atoms with Crippen LogP contribution in [0.25, 0.3) is 5.70 Å². The highest BCUT2D eigenvalue weighted by atomic mass is 32.2. The van der Waals surface area contributed by atoms with E-state index in [-0.39, 0.29) is 41.4 Å². The van der Waals surface area contributed by atoms with Crippen LogP contribution in [0.2, 0.25) is 0 Å². The molecule has 0 amide bonds. The number of allylic oxidation sites excluding steroid dienone is 1. The molecule has 0 spiro atoms. The van der Waals surface area contributed by atoms with Crippen molar-refractivity contribution in [1.82, 2.24) is 25.2 Å². The summed E-state index contributed by atoms with van der Waals surface area (Å²) in [6.07, 6.45) is 2.05. The smallest absolute Gasteiger partial charge is 0.408 e. The third-order valence-corrected chi connectivity index (χ3v) is 7.34. The average Bonchev–Trinajstić information content (AvgIpc) is 3.80. The molecule has 14 heteroatoms. The standard InChI is InChI=1S/C28H34F3N7O3S/c1-16(2)24(37-21(14-39)32-12-19-8-11-22(33-13-19)42(7)40)26(38(5)18(4)28(29,30)31)36-17(3)23-25(20-9-10-20)34-15-35-27(23)41-6/h8,11,13-15,18,20H,3,9-10,12H2,1-2,4-7H3,(H,32,37)/b36-26+/t18-,42?/m0/s1. The van der Waals surface area contributed by atoms with Crippen LogP contribution < -0.4 is 10.1 Å². The molecule has 1 saturated carbocycles. The van der Waals surface area contributed by atoms with Gasteiger partial charge in [-0.2, -0.15) is 13.2 Å². The second kappa shape index (κ2) is 13.9. The minimum Gasteiger partial charge on any atom is -0.610 e. The normalized spacial score (nSPS) is 15.5. The van der Waals surface area contributed by atoms with E-state index in [1.165, 1.54) is 32.9 Å². The van der Waals surface area contributed by atoms with Gasteiger partial charge in [0.15, 0.2) is 18.0 Å². The van der Waals surface area contributed by atoms with Crippen LogP contribution in [-0.4, -0.2) is 75.0 Å². The van der Waals surface area contributed by atoms with Crippen molar-refractivity contribution in [1.29, 1.82) is 0 Å². The quantitative estimate of drug-likeness (QED) is 0.173. The molecule has 2 aromatic rings. The van der Waals surface area contributed by atoms with Crippen LogP contribution in [0.4, 0.5) is 13.2 Å². The molecule has 42 heavy (non-hydrogen) atoms. The molecule has 0 aromatic carbocycles. The number of hydrogen-bond acceptors (Lipinski definition) is 8. The average molecular weight is 606 g/mol. The van der Waals surface area contributed by atoms with Crippen molar-refractivity contribution in [3.8, 4) is 5.88 Å². The van der Waals surface area contributed by atoms with Gasteiger partial charge in [-0.15, -0.1) is 0 Å². The van der Waals surface area contributed by atoms with E-state index >= 15 is 0 Å². The number of amidine groups is 2. The lowest BCUT2D eigenvalue weighted by molar-refractivity contribution is -0.166. The van der Waals surface area contributed by atoms with Gasteiger partial charge in [0.2, 0.25) is 10.9 Å². The van der Waals surface area contributed by atoms with Gasteiger partial charge < -0.3 is 19.5 Å². The number of aldehydes is 1. The Morgan fingerprint density at radius 3 is 2.48 bits per heavy atom. The zero-order chi connectivity index (χ0) is 31.2. The first kappa shape index (κ1) is 32.7. The van der Waals surface area contributed by atoms with Crippen LogP contribution >= 0.6 is 0 Å². The molecule has 1 N–H and O–H groups in total. The molecule has 1 aliphatic carbocycles. The number of hydrogen-bond donors (Lipinski definition) is 1. The first-order chi connectivity index (χ1) is 19.8. The monoisotopic (exact) mass is 605 g/mol. The highest BCUT2D eigenvalue weighted by Gasteiger charge is 2.41. The van der Waals surface area contributed by atoms with Crippen molar-refractivity contribution in [2.24, 2.45) is 9.98 Å². The van der Waals surface area contributed by atoms with Crippen LogP contribution in [0.3, 0.4) is 0 Å². The van der Waals surface area contributed by atoms with E-state index in [1.807, 2.05) is 0 Å². The van der Waals surface area contributed by atoms with Gasteiger partial charge in [-0.3, -0.25) is 4.79 Å². The Kier molecular flexibility index (Phi) is 10.9. The lowest BCUT2D eigenvalue weighted by Gasteiger charge is -2.30. The molecule has 1 aliphatic rings. The Morgan fingerprint density at radius 2 is 1.98 bits per heavy atom. The number of nitrogens with zero attached hydrogens (tertiary/aromatic N) is 6. The maximum Gasteiger partial charge on any atom is 0.408 e. The summed E-state index contributed by atoms with van der Waals surface area (Å²) in [5.41, 5.74) is 2.38. The number of methoxy groups -OCH3 is 1. The summed E-state index contributed by atoms with van der Waals surface area (Å²) in [7, 11) is 2.68. The Bertz CT molecular complexity index is 1380. The van der Waals surface area contributed by atoms with Crippen LogP contribution in [0, 0.1) is 0 Å². The predicted octanol–water partition coefficient (Wildman–Crippen LogP) is 4.43. The van der Waals surface area contributed by atoms with E-state index in [2.05, 4.69) is 36.8 Å². The molecule has 2 heterocycles. The van der Waals surface area contributed by atoms with E-state index in [1.54, 1.807) is 26.0 Å². The van der Waals surface area contributed by atoms with E-state index in [4.69, 9.17) is 4.74 Å². The number of pyridine rings is 1. The third-order valence-electron chi connectivity index (χ3n) is 6.51. The largest absolute Gasteiger partial charge is 0.610 e. The van der Waals surface area contributed by atoms with Crippen LogP contribution in [0.15, 0.2) is 57.5 Å². The Hall–Kier alpha value is -3.78. The van der Waals surface area contributed by atoms with Gasteiger partial charge in [-0.1, -0.05) is 6.58 Å². The molecular weight excluding hydrogens is 571 g/mol. The summed E-state index contributed by atoms with van der Waals surface area (Å²) in [6.45, 7) is 8.49. The maximum atomic E-state index is 13.9. The molecular formula is C28H34F3N7O3S. The summed E-state index contributed by atoms with van der Waals surface area (Å²) >= 11 is -1.25. The highest BCUT2D eigenvalue weighted by molar-refractivity contribution is 7.90. The summed E-state index contributed by atoms with van der Waals surface area (Å²) in [5, 5.41) is 3.29. The third kappa shape index (κ3) is 8.16. The zero-order valence-corrected chi connectivity index (χ0v) is 25.1. The van der Waals surface area contributed by atoms with Crippen molar-refractivity contribution in [3.63, 3.8) is 0 Å². The molecule has 226 valence electrons. The molecule has 0 aliphatic heterocycles. The van der Waals surface area contributed by atoms with Gasteiger partial charge in [0.05, 0.1) is 24.1 Å². The van der Waals surface area contributed by atoms with Crippen molar-refractivity contribution in [3.05, 3.63) is 59.3 Å². The van der Waals surface area contributed by atoms with Crippen molar-refractivity contribution in [2.75, 3.05) is 20.4 Å². The predicted molar refractivity (Wildman–Crippen MR) is 156 cm³/mol. The molecule has 10 nitrogen and oxygen atoms in total. The number of alkyl halides is 3. The fraction of sp³-hybridized carbons (Fsp3) is 0.429. The summed E-state index contributed by atoms with van der Waals surface area (Å²) in [5.74, 6) is 0.0532. The molecule has 0 saturated heterocycles. The number of halogens is 3. The maximum absolute atomic E-state index is 13.9. The number of likely N-dealkylation sites (N-methyl/N-ethyl adjacent to an activating group) is 1. The first-order valence-electron chi connectivity index (χ1n) is 13.0. The number of rotatable bonds is 11. The molecule has 0 bridgehead atoms. The fourth-order valence-electron chi connectivity index (χ4n) is 3.85. The number of aromatic nitrogens is 3. The SMILES string of the molecule is C=C(/N=C(\C(/N=C(\C=O)NCc1ccc([S+](C)[O-])nc1)=C(C)C)N(C)[C@@H](C)C(F)(F)F)c1c(OC)ncnc1C1CC1. The van der Waals surface area contributed by atoms with Gasteiger partial charge in [-0.05, 0) is 50.8 Å². The molecule has 2 atom stereocenters. The van der Waals surface area contributed by atoms with Gasteiger partial charge in [0, 0.05) is 42.9 Å². The fourth-order valence-corrected chi connectivity index (χ4v) is 4.31. The molecule has 0 radical (unpaired) electrons. The number of carbonyl (C=O) groups is 1. The van der Waals surface area contributed by atoms with Crippen molar-refractivity contribution in [2.45, 2.75) is 63.3 Å². The summed E-state index contributed by atoms with van der Waals surface area (Å²) in [6, 6.07) is 1.35. The minimum absolute atomic E-state index is 0.0444. The van der Waals surface area contributed by atoms with E-state index in [9.17, 15) is 22.5 Å². The van der Waals surface area contributed by atoms with Crippen LogP contribution in [0.5, 0.6) is 5.88 Å². The van der Waals surface area contributed by atoms with Crippen molar-refractivity contribution >= 4 is 34.8 Å². The lowest BCUT2D eigenvalue weighted by atomic mass is 10.1. The van der Waals surface area contributed by atoms with Gasteiger partial charge in [0.1, 0.15) is 24.3 Å². The second-order valence-electron chi connectivity index (χ2n) is 9.90. The van der Waals surface area contributed by atoms with Gasteiger partial charge >= 0.3 is 6.18 Å². The van der Waals surface area contributed by atoms with E-state index in [0.717, 1.165) is 24.7 Å². The summed E-state index contributed by atoms with van der Waals surface area (Å²) < 4.78 is 58.7. The van der Waals surface area contributed by atoms with Crippen LogP contribution in [-0.2, 0) is 22.5 Å². The molecule has 1 fully saturated rings. The Labute approximate surface area is 246 Å². The zero-order valence-electron chi connectivity index (χ0n) is 24.3. The molecule has 3 rings (SSSR count). The van der Waals surface area contributed by atoms with E-state index < -0.39 is 23.4 Å². The molecule has 2 aromatic heterocycles. The topological polar surface area (TPSA) is 128 Å². The number of nitrogens with one attached hydrogen (secondary N) is 1. The number of ether oxygens (including phenoxy) is 1. The van der Waals surface area contributed by atoms with Crippen LogP contribution in [0.1, 0.15) is 56.4 Å². The van der Waals surface area contributed by atoms with Gasteiger partial charge in [0.25, 0.3) is 0 Å². The minimum atomic E-state index is -4.59. The molecule has 1 unspecified atom stereocenters.